The van der Waals surface area contributed by atoms with Crippen LogP contribution >= 0.6 is 0 Å². The molecule has 22 heavy (non-hydrogen) atoms. The molecule has 2 amide bonds. The quantitative estimate of drug-likeness (QED) is 0.813. The lowest BCUT2D eigenvalue weighted by atomic mass is 10.0. The van der Waals surface area contributed by atoms with Crippen LogP contribution in [0.4, 0.5) is 5.69 Å². The van der Waals surface area contributed by atoms with Crippen LogP contribution in [0.2, 0.25) is 0 Å². The van der Waals surface area contributed by atoms with Crippen molar-refractivity contribution in [1.29, 1.82) is 0 Å². The zero-order valence-corrected chi connectivity index (χ0v) is 13.2. The zero-order chi connectivity index (χ0) is 15.9. The standard InChI is InChI=1S/C17H25N3O2/c1-2-16(21)20-12-4-3-5-15(20)17(22)19-11-10-13-6-8-14(18)9-7-13/h6-9,15H,2-5,10-12,18H2,1H3,(H,19,22). The fraction of sp³-hybridized carbons (Fsp3) is 0.529. The van der Waals surface area contributed by atoms with E-state index in [-0.39, 0.29) is 17.9 Å². The summed E-state index contributed by atoms with van der Waals surface area (Å²) in [6.45, 7) is 3.11. The van der Waals surface area contributed by atoms with Crippen molar-refractivity contribution in [2.24, 2.45) is 0 Å². The number of likely N-dealkylation sites (tertiary alicyclic amines) is 1. The lowest BCUT2D eigenvalue weighted by Crippen LogP contribution is -2.52. The molecule has 1 aliphatic rings. The van der Waals surface area contributed by atoms with Crippen molar-refractivity contribution in [3.8, 4) is 0 Å². The summed E-state index contributed by atoms with van der Waals surface area (Å²) in [5.74, 6) is 0.0373. The van der Waals surface area contributed by atoms with Crippen molar-refractivity contribution in [2.75, 3.05) is 18.8 Å². The van der Waals surface area contributed by atoms with Crippen LogP contribution in [0.3, 0.4) is 0 Å². The second-order valence-corrected chi connectivity index (χ2v) is 5.73. The van der Waals surface area contributed by atoms with E-state index >= 15 is 0 Å². The minimum atomic E-state index is -0.299. The van der Waals surface area contributed by atoms with Crippen molar-refractivity contribution in [3.63, 3.8) is 0 Å². The molecule has 1 unspecified atom stereocenters. The minimum absolute atomic E-state index is 0.0306. The summed E-state index contributed by atoms with van der Waals surface area (Å²) in [7, 11) is 0. The van der Waals surface area contributed by atoms with Crippen LogP contribution in [0.1, 0.15) is 38.2 Å². The third-order valence-corrected chi connectivity index (χ3v) is 4.12. The van der Waals surface area contributed by atoms with Gasteiger partial charge in [0.1, 0.15) is 6.04 Å². The van der Waals surface area contributed by atoms with Gasteiger partial charge >= 0.3 is 0 Å². The molecule has 1 heterocycles. The van der Waals surface area contributed by atoms with Crippen molar-refractivity contribution < 1.29 is 9.59 Å². The van der Waals surface area contributed by atoms with Gasteiger partial charge in [-0.25, -0.2) is 0 Å². The summed E-state index contributed by atoms with van der Waals surface area (Å²) in [5.41, 5.74) is 7.53. The van der Waals surface area contributed by atoms with Crippen molar-refractivity contribution >= 4 is 17.5 Å². The molecule has 5 heteroatoms. The summed E-state index contributed by atoms with van der Waals surface area (Å²) in [5, 5.41) is 2.96. The number of amides is 2. The Morgan fingerprint density at radius 2 is 2.00 bits per heavy atom. The van der Waals surface area contributed by atoms with Gasteiger partial charge in [-0.3, -0.25) is 9.59 Å². The third-order valence-electron chi connectivity index (χ3n) is 4.12. The number of piperidine rings is 1. The molecule has 0 saturated carbocycles. The number of benzene rings is 1. The monoisotopic (exact) mass is 303 g/mol. The molecule has 0 aliphatic carbocycles. The van der Waals surface area contributed by atoms with Gasteiger partial charge in [-0.15, -0.1) is 0 Å². The predicted molar refractivity (Wildman–Crippen MR) is 87.2 cm³/mol. The maximum Gasteiger partial charge on any atom is 0.242 e. The summed E-state index contributed by atoms with van der Waals surface area (Å²) in [6.07, 6.45) is 3.97. The summed E-state index contributed by atoms with van der Waals surface area (Å²) >= 11 is 0. The number of anilines is 1. The Labute approximate surface area is 131 Å². The number of nitrogens with one attached hydrogen (secondary N) is 1. The average Bonchev–Trinajstić information content (AvgIpc) is 2.56. The van der Waals surface area contributed by atoms with E-state index in [4.69, 9.17) is 5.73 Å². The molecule has 2 rings (SSSR count). The molecule has 1 saturated heterocycles. The van der Waals surface area contributed by atoms with Gasteiger partial charge < -0.3 is 16.0 Å². The lowest BCUT2D eigenvalue weighted by Gasteiger charge is -2.34. The van der Waals surface area contributed by atoms with Crippen LogP contribution in [0, 0.1) is 0 Å². The number of rotatable bonds is 5. The van der Waals surface area contributed by atoms with E-state index in [9.17, 15) is 9.59 Å². The van der Waals surface area contributed by atoms with Gasteiger partial charge in [0, 0.05) is 25.2 Å². The minimum Gasteiger partial charge on any atom is -0.399 e. The number of hydrogen-bond acceptors (Lipinski definition) is 3. The van der Waals surface area contributed by atoms with Crippen LogP contribution in [0.5, 0.6) is 0 Å². The summed E-state index contributed by atoms with van der Waals surface area (Å²) in [6, 6.07) is 7.36. The van der Waals surface area contributed by atoms with Gasteiger partial charge in [0.05, 0.1) is 0 Å². The van der Waals surface area contributed by atoms with Crippen molar-refractivity contribution in [2.45, 2.75) is 45.1 Å². The highest BCUT2D eigenvalue weighted by molar-refractivity contribution is 5.87. The topological polar surface area (TPSA) is 75.4 Å². The first-order valence-corrected chi connectivity index (χ1v) is 8.03. The fourth-order valence-electron chi connectivity index (χ4n) is 2.84. The number of hydrogen-bond donors (Lipinski definition) is 2. The van der Waals surface area contributed by atoms with E-state index in [1.807, 2.05) is 31.2 Å². The number of nitrogens with two attached hydrogens (primary N) is 1. The van der Waals surface area contributed by atoms with Gasteiger partial charge in [0.15, 0.2) is 0 Å². The molecule has 3 N–H and O–H groups in total. The van der Waals surface area contributed by atoms with Crippen LogP contribution in [0.25, 0.3) is 0 Å². The van der Waals surface area contributed by atoms with Crippen LogP contribution in [-0.2, 0) is 16.0 Å². The van der Waals surface area contributed by atoms with E-state index in [1.165, 1.54) is 0 Å². The highest BCUT2D eigenvalue weighted by Crippen LogP contribution is 2.18. The molecule has 1 aliphatic heterocycles. The normalized spacial score (nSPS) is 18.0. The van der Waals surface area contributed by atoms with E-state index in [1.54, 1.807) is 4.90 Å². The molecular formula is C17H25N3O2. The first kappa shape index (κ1) is 16.3. The maximum atomic E-state index is 12.3. The van der Waals surface area contributed by atoms with Gasteiger partial charge in [0.2, 0.25) is 11.8 Å². The summed E-state index contributed by atoms with van der Waals surface area (Å²) < 4.78 is 0. The number of nitrogen functional groups attached to an aromatic ring is 1. The number of carbonyl (C=O) groups excluding carboxylic acids is 2. The molecule has 0 radical (unpaired) electrons. The number of nitrogens with zero attached hydrogens (tertiary/aromatic N) is 1. The first-order chi connectivity index (χ1) is 10.6. The Kier molecular flexibility index (Phi) is 5.81. The Hall–Kier alpha value is -2.04. The molecule has 0 bridgehead atoms. The van der Waals surface area contributed by atoms with E-state index in [0.717, 1.165) is 36.9 Å². The van der Waals surface area contributed by atoms with Crippen LogP contribution in [-0.4, -0.2) is 35.8 Å². The maximum absolute atomic E-state index is 12.3. The highest BCUT2D eigenvalue weighted by Gasteiger charge is 2.30. The van der Waals surface area contributed by atoms with Gasteiger partial charge in [0.25, 0.3) is 0 Å². The molecule has 0 spiro atoms. The second kappa shape index (κ2) is 7.82. The van der Waals surface area contributed by atoms with Crippen LogP contribution < -0.4 is 11.1 Å². The predicted octanol–water partition coefficient (Wildman–Crippen LogP) is 1.72. The Balaban J connectivity index is 1.84. The van der Waals surface area contributed by atoms with Crippen molar-refractivity contribution in [3.05, 3.63) is 29.8 Å². The Morgan fingerprint density at radius 3 is 2.68 bits per heavy atom. The molecule has 5 nitrogen and oxygen atoms in total. The second-order valence-electron chi connectivity index (χ2n) is 5.73. The van der Waals surface area contributed by atoms with E-state index < -0.39 is 0 Å². The SMILES string of the molecule is CCC(=O)N1CCCCC1C(=O)NCCc1ccc(N)cc1. The van der Waals surface area contributed by atoms with Gasteiger partial charge in [-0.2, -0.15) is 0 Å². The molecule has 1 atom stereocenters. The largest absolute Gasteiger partial charge is 0.399 e. The molecule has 0 aromatic heterocycles. The highest BCUT2D eigenvalue weighted by atomic mass is 16.2. The summed E-state index contributed by atoms with van der Waals surface area (Å²) in [4.78, 5) is 26.0. The van der Waals surface area contributed by atoms with Gasteiger partial charge in [-0.1, -0.05) is 19.1 Å². The molecular weight excluding hydrogens is 278 g/mol. The zero-order valence-electron chi connectivity index (χ0n) is 13.2. The first-order valence-electron chi connectivity index (χ1n) is 8.03. The smallest absolute Gasteiger partial charge is 0.242 e. The Bertz CT molecular complexity index is 513. The molecule has 120 valence electrons. The van der Waals surface area contributed by atoms with Crippen molar-refractivity contribution in [1.82, 2.24) is 10.2 Å². The fourth-order valence-corrected chi connectivity index (χ4v) is 2.84. The molecule has 1 fully saturated rings. The van der Waals surface area contributed by atoms with E-state index in [0.29, 0.717) is 19.5 Å². The van der Waals surface area contributed by atoms with Gasteiger partial charge in [-0.05, 0) is 43.4 Å². The van der Waals surface area contributed by atoms with E-state index in [2.05, 4.69) is 5.32 Å². The Morgan fingerprint density at radius 1 is 1.27 bits per heavy atom. The average molecular weight is 303 g/mol. The lowest BCUT2D eigenvalue weighted by molar-refractivity contribution is -0.142. The number of carbonyl (C=O) groups is 2. The third kappa shape index (κ3) is 4.23. The molecule has 1 aromatic rings. The molecule has 1 aromatic carbocycles. The van der Waals surface area contributed by atoms with Crippen LogP contribution in [0.15, 0.2) is 24.3 Å².